The lowest BCUT2D eigenvalue weighted by atomic mass is 9.83. The summed E-state index contributed by atoms with van der Waals surface area (Å²) in [6.07, 6.45) is 4.76. The molecule has 1 aliphatic rings. The number of rotatable bonds is 11. The summed E-state index contributed by atoms with van der Waals surface area (Å²) >= 11 is 0. The van der Waals surface area contributed by atoms with Gasteiger partial charge in [0.05, 0.1) is 18.1 Å². The smallest absolute Gasteiger partial charge is 0.343 e. The Morgan fingerprint density at radius 2 is 1.82 bits per heavy atom. The predicted molar refractivity (Wildman–Crippen MR) is 144 cm³/mol. The molecule has 0 fully saturated rings. The minimum absolute atomic E-state index is 0.00405. The maximum absolute atomic E-state index is 12.7. The summed E-state index contributed by atoms with van der Waals surface area (Å²) in [6.45, 7) is 6.71. The highest BCUT2D eigenvalue weighted by atomic mass is 16.5. The number of carbonyl (C=O) groups is 1. The molecule has 0 saturated carbocycles. The second-order valence-electron chi connectivity index (χ2n) is 8.73. The summed E-state index contributed by atoms with van der Waals surface area (Å²) in [5.74, 6) is 1.00. The second-order valence-corrected chi connectivity index (χ2v) is 8.73. The van der Waals surface area contributed by atoms with Gasteiger partial charge in [-0.1, -0.05) is 56.7 Å². The van der Waals surface area contributed by atoms with E-state index in [1.807, 2.05) is 24.3 Å². The minimum Gasteiger partial charge on any atom is -0.493 e. The standard InChI is InChI=1S/C31H30N2O5/c1-3-5-8-18-36-27-10-7-6-9-24(27)29-25-16-15-23(19-28(25)38-30(33)26(29)20-32)37-31(34)21-11-13-22(14-12-21)35-17-4-2/h4,6-7,9-16,19,29H,2-3,5,8,17-18,33H2,1H3. The van der Waals surface area contributed by atoms with Gasteiger partial charge in [0.25, 0.3) is 0 Å². The summed E-state index contributed by atoms with van der Waals surface area (Å²) in [7, 11) is 0. The van der Waals surface area contributed by atoms with Gasteiger partial charge in [-0.05, 0) is 42.8 Å². The van der Waals surface area contributed by atoms with E-state index in [0.29, 0.717) is 41.6 Å². The van der Waals surface area contributed by atoms with Crippen LogP contribution in [0.2, 0.25) is 0 Å². The number of hydrogen-bond donors (Lipinski definition) is 1. The van der Waals surface area contributed by atoms with Gasteiger partial charge in [0.1, 0.15) is 41.2 Å². The van der Waals surface area contributed by atoms with Gasteiger partial charge in [-0.15, -0.1) is 0 Å². The van der Waals surface area contributed by atoms with E-state index in [9.17, 15) is 10.1 Å². The molecule has 3 aromatic rings. The lowest BCUT2D eigenvalue weighted by Crippen LogP contribution is -2.21. The molecule has 1 aliphatic heterocycles. The molecule has 7 nitrogen and oxygen atoms in total. The van der Waals surface area contributed by atoms with Crippen LogP contribution in [-0.4, -0.2) is 19.2 Å². The number of fused-ring (bicyclic) bond motifs is 1. The number of carbonyl (C=O) groups excluding carboxylic acids is 1. The fraction of sp³-hybridized carbons (Fsp3) is 0.226. The van der Waals surface area contributed by atoms with Gasteiger partial charge >= 0.3 is 5.97 Å². The number of hydrogen-bond acceptors (Lipinski definition) is 7. The number of nitrogens with zero attached hydrogens (tertiary/aromatic N) is 1. The van der Waals surface area contributed by atoms with E-state index in [4.69, 9.17) is 24.7 Å². The zero-order valence-electron chi connectivity index (χ0n) is 21.3. The molecule has 0 radical (unpaired) electrons. The second kappa shape index (κ2) is 12.5. The number of ether oxygens (including phenoxy) is 4. The van der Waals surface area contributed by atoms with Crippen molar-refractivity contribution < 1.29 is 23.7 Å². The van der Waals surface area contributed by atoms with E-state index in [1.165, 1.54) is 0 Å². The quantitative estimate of drug-likeness (QED) is 0.141. The molecule has 1 atom stereocenters. The van der Waals surface area contributed by atoms with Crippen LogP contribution in [0.3, 0.4) is 0 Å². The van der Waals surface area contributed by atoms with Crippen LogP contribution < -0.4 is 24.7 Å². The van der Waals surface area contributed by atoms with E-state index < -0.39 is 11.9 Å². The topological polar surface area (TPSA) is 104 Å². The molecule has 1 heterocycles. The number of nitrogens with two attached hydrogens (primary N) is 1. The number of para-hydroxylation sites is 1. The summed E-state index contributed by atoms with van der Waals surface area (Å²) in [4.78, 5) is 12.7. The highest BCUT2D eigenvalue weighted by molar-refractivity contribution is 5.91. The van der Waals surface area contributed by atoms with Crippen LogP contribution in [0.1, 0.15) is 53.6 Å². The first-order valence-corrected chi connectivity index (χ1v) is 12.5. The van der Waals surface area contributed by atoms with E-state index in [2.05, 4.69) is 19.6 Å². The molecule has 7 heteroatoms. The van der Waals surface area contributed by atoms with Gasteiger partial charge in [0, 0.05) is 17.2 Å². The zero-order valence-corrected chi connectivity index (χ0v) is 21.3. The maximum atomic E-state index is 12.7. The fourth-order valence-corrected chi connectivity index (χ4v) is 4.21. The average Bonchev–Trinajstić information content (AvgIpc) is 2.94. The SMILES string of the molecule is C=CCOc1ccc(C(=O)Oc2ccc3c(c2)OC(N)=C(C#N)C3c2ccccc2OCCCCC)cc1. The zero-order chi connectivity index (χ0) is 26.9. The Balaban J connectivity index is 1.59. The first-order valence-electron chi connectivity index (χ1n) is 12.5. The molecule has 0 spiro atoms. The molecule has 194 valence electrons. The first kappa shape index (κ1) is 26.4. The molecule has 1 unspecified atom stereocenters. The van der Waals surface area contributed by atoms with Crippen LogP contribution >= 0.6 is 0 Å². The van der Waals surface area contributed by atoms with Crippen molar-refractivity contribution in [3.63, 3.8) is 0 Å². The van der Waals surface area contributed by atoms with E-state index in [-0.39, 0.29) is 11.6 Å². The maximum Gasteiger partial charge on any atom is 0.343 e. The third-order valence-electron chi connectivity index (χ3n) is 6.09. The predicted octanol–water partition coefficient (Wildman–Crippen LogP) is 6.26. The van der Waals surface area contributed by atoms with Crippen molar-refractivity contribution in [1.29, 1.82) is 5.26 Å². The molecule has 2 N–H and O–H groups in total. The van der Waals surface area contributed by atoms with Crippen LogP contribution in [0.25, 0.3) is 0 Å². The van der Waals surface area contributed by atoms with E-state index in [1.54, 1.807) is 48.5 Å². The fourth-order valence-electron chi connectivity index (χ4n) is 4.21. The summed E-state index contributed by atoms with van der Waals surface area (Å²) in [5, 5.41) is 9.93. The van der Waals surface area contributed by atoms with Gasteiger partial charge in [-0.3, -0.25) is 0 Å². The molecular formula is C31H30N2O5. The largest absolute Gasteiger partial charge is 0.493 e. The summed E-state index contributed by atoms with van der Waals surface area (Å²) in [5.41, 5.74) is 8.39. The van der Waals surface area contributed by atoms with Crippen LogP contribution in [-0.2, 0) is 0 Å². The van der Waals surface area contributed by atoms with Crippen LogP contribution in [0, 0.1) is 11.3 Å². The minimum atomic E-state index is -0.528. The number of unbranched alkanes of at least 4 members (excludes halogenated alkanes) is 2. The number of benzene rings is 3. The Kier molecular flexibility index (Phi) is 8.68. The molecule has 0 bridgehead atoms. The van der Waals surface area contributed by atoms with Gasteiger partial charge < -0.3 is 24.7 Å². The normalized spacial score (nSPS) is 14.1. The monoisotopic (exact) mass is 510 g/mol. The van der Waals surface area contributed by atoms with Crippen molar-refractivity contribution in [1.82, 2.24) is 0 Å². The third-order valence-corrected chi connectivity index (χ3v) is 6.09. The van der Waals surface area contributed by atoms with Gasteiger partial charge in [0.15, 0.2) is 0 Å². The lowest BCUT2D eigenvalue weighted by molar-refractivity contribution is 0.0734. The molecule has 4 rings (SSSR count). The van der Waals surface area contributed by atoms with Crippen LogP contribution in [0.4, 0.5) is 0 Å². The van der Waals surface area contributed by atoms with Crippen LogP contribution in [0.5, 0.6) is 23.0 Å². The van der Waals surface area contributed by atoms with Crippen molar-refractivity contribution in [3.05, 3.63) is 108 Å². The number of esters is 1. The Bertz CT molecular complexity index is 1370. The van der Waals surface area contributed by atoms with Crippen molar-refractivity contribution in [2.75, 3.05) is 13.2 Å². The Morgan fingerprint density at radius 1 is 1.05 bits per heavy atom. The van der Waals surface area contributed by atoms with E-state index >= 15 is 0 Å². The number of nitriles is 1. The van der Waals surface area contributed by atoms with Gasteiger partial charge in [-0.25, -0.2) is 4.79 Å². The third kappa shape index (κ3) is 5.98. The van der Waals surface area contributed by atoms with Crippen LogP contribution in [0.15, 0.2) is 90.8 Å². The van der Waals surface area contributed by atoms with Gasteiger partial charge in [0.2, 0.25) is 5.88 Å². The highest BCUT2D eigenvalue weighted by Gasteiger charge is 2.33. The van der Waals surface area contributed by atoms with E-state index in [0.717, 1.165) is 30.4 Å². The van der Waals surface area contributed by atoms with Crippen molar-refractivity contribution in [2.24, 2.45) is 5.73 Å². The highest BCUT2D eigenvalue weighted by Crippen LogP contribution is 2.46. The molecule has 0 amide bonds. The van der Waals surface area contributed by atoms with Gasteiger partial charge in [-0.2, -0.15) is 5.26 Å². The first-order chi connectivity index (χ1) is 18.5. The number of allylic oxidation sites excluding steroid dienone is 1. The Hall–Kier alpha value is -4.70. The molecular weight excluding hydrogens is 480 g/mol. The van der Waals surface area contributed by atoms with Crippen molar-refractivity contribution in [2.45, 2.75) is 32.1 Å². The van der Waals surface area contributed by atoms with Crippen molar-refractivity contribution in [3.8, 4) is 29.1 Å². The summed E-state index contributed by atoms with van der Waals surface area (Å²) in [6, 6.07) is 21.5. The molecule has 38 heavy (non-hydrogen) atoms. The lowest BCUT2D eigenvalue weighted by Gasteiger charge is -2.28. The average molecular weight is 511 g/mol. The summed E-state index contributed by atoms with van der Waals surface area (Å²) < 4.78 is 22.9. The molecule has 0 saturated heterocycles. The Labute approximate surface area is 222 Å². The molecule has 0 aliphatic carbocycles. The molecule has 0 aromatic heterocycles. The molecule has 3 aromatic carbocycles. The van der Waals surface area contributed by atoms with Crippen molar-refractivity contribution >= 4 is 5.97 Å². The Morgan fingerprint density at radius 3 is 2.55 bits per heavy atom.